The highest BCUT2D eigenvalue weighted by Gasteiger charge is 2.32. The van der Waals surface area contributed by atoms with Crippen molar-refractivity contribution in [3.8, 4) is 6.07 Å². The van der Waals surface area contributed by atoms with Gasteiger partial charge in [0.15, 0.2) is 6.54 Å². The minimum absolute atomic E-state index is 0.0674. The number of carbonyl (C=O) groups excluding carboxylic acids is 1. The van der Waals surface area contributed by atoms with Crippen LogP contribution in [0.3, 0.4) is 0 Å². The van der Waals surface area contributed by atoms with E-state index in [1.165, 1.54) is 4.90 Å². The molecule has 1 aromatic rings. The van der Waals surface area contributed by atoms with Gasteiger partial charge < -0.3 is 15.1 Å². The van der Waals surface area contributed by atoms with Crippen molar-refractivity contribution in [1.82, 2.24) is 15.3 Å². The van der Waals surface area contributed by atoms with Crippen LogP contribution in [0.15, 0.2) is 18.5 Å². The van der Waals surface area contributed by atoms with Crippen molar-refractivity contribution in [2.75, 3.05) is 37.6 Å². The van der Waals surface area contributed by atoms with Crippen molar-refractivity contribution in [2.24, 2.45) is 5.92 Å². The summed E-state index contributed by atoms with van der Waals surface area (Å²) in [7, 11) is 0. The molecule has 7 nitrogen and oxygen atoms in total. The topological polar surface area (TPSA) is 86.4 Å². The average molecular weight is 317 g/mol. The maximum atomic E-state index is 12.2. The highest BCUT2D eigenvalue weighted by molar-refractivity contribution is 5.78. The van der Waals surface area contributed by atoms with E-state index in [4.69, 9.17) is 0 Å². The Bertz CT molecular complexity index is 562. The molecule has 0 spiro atoms. The van der Waals surface area contributed by atoms with Crippen LogP contribution in [0.25, 0.3) is 0 Å². The zero-order valence-electron chi connectivity index (χ0n) is 14.0. The average Bonchev–Trinajstić information content (AvgIpc) is 2.56. The van der Waals surface area contributed by atoms with Gasteiger partial charge in [-0.25, -0.2) is 9.97 Å². The molecule has 1 saturated heterocycles. The van der Waals surface area contributed by atoms with Gasteiger partial charge in [-0.2, -0.15) is 5.26 Å². The van der Waals surface area contributed by atoms with Gasteiger partial charge in [-0.05, 0) is 18.9 Å². The van der Waals surface area contributed by atoms with E-state index in [9.17, 15) is 10.1 Å². The Kier molecular flexibility index (Phi) is 5.50. The summed E-state index contributed by atoms with van der Waals surface area (Å²) in [5, 5.41) is 12.2. The molecule has 0 aromatic carbocycles. The number of anilines is 1. The molecule has 1 amide bonds. The zero-order chi connectivity index (χ0) is 16.9. The summed E-state index contributed by atoms with van der Waals surface area (Å²) in [5.74, 6) is 0.744. The van der Waals surface area contributed by atoms with Gasteiger partial charge in [0.25, 0.3) is 5.91 Å². The molecule has 124 valence electrons. The summed E-state index contributed by atoms with van der Waals surface area (Å²) in [5.41, 5.74) is -0.809. The summed E-state index contributed by atoms with van der Waals surface area (Å²) in [6, 6.07) is 4.01. The third-order valence-electron chi connectivity index (χ3n) is 4.50. The highest BCUT2D eigenvalue weighted by Crippen LogP contribution is 2.14. The Morgan fingerprint density at radius 1 is 1.43 bits per heavy atom. The molecule has 0 saturated carbocycles. The molecule has 2 heterocycles. The molecule has 0 aliphatic carbocycles. The number of nitrogens with zero attached hydrogens (tertiary/aromatic N) is 4. The van der Waals surface area contributed by atoms with Gasteiger partial charge in [-0.15, -0.1) is 0 Å². The number of carbonyl (C=O) groups is 1. The fourth-order valence-electron chi connectivity index (χ4n) is 2.52. The lowest BCUT2D eigenvalue weighted by Crippen LogP contribution is -3.16. The first-order chi connectivity index (χ1) is 10.9. The quantitative estimate of drug-likeness (QED) is 0.745. The second kappa shape index (κ2) is 7.38. The minimum Gasteiger partial charge on any atom is -0.333 e. The molecule has 2 N–H and O–H groups in total. The van der Waals surface area contributed by atoms with E-state index in [0.717, 1.165) is 32.1 Å². The molecule has 0 bridgehead atoms. The third kappa shape index (κ3) is 4.39. The fraction of sp³-hybridized carbons (Fsp3) is 0.625. The van der Waals surface area contributed by atoms with Crippen LogP contribution < -0.4 is 15.1 Å². The smallest absolute Gasteiger partial charge is 0.276 e. The van der Waals surface area contributed by atoms with Crippen molar-refractivity contribution in [3.05, 3.63) is 18.5 Å². The summed E-state index contributed by atoms with van der Waals surface area (Å²) in [6.07, 6.45) is 3.48. The van der Waals surface area contributed by atoms with E-state index >= 15 is 0 Å². The highest BCUT2D eigenvalue weighted by atomic mass is 16.2. The van der Waals surface area contributed by atoms with E-state index in [1.807, 2.05) is 13.8 Å². The SMILES string of the molecule is CC(C)[C@](C)(C#N)NC(=O)C[NH+]1CCN(c2ncccn2)CC1. The van der Waals surface area contributed by atoms with Gasteiger partial charge in [0.2, 0.25) is 5.95 Å². The first kappa shape index (κ1) is 17.2. The molecule has 1 aliphatic heterocycles. The molecular formula is C16H25N6O+. The van der Waals surface area contributed by atoms with E-state index in [1.54, 1.807) is 25.4 Å². The number of rotatable bonds is 5. The first-order valence-electron chi connectivity index (χ1n) is 8.02. The predicted molar refractivity (Wildman–Crippen MR) is 86.8 cm³/mol. The molecule has 0 radical (unpaired) electrons. The Balaban J connectivity index is 1.82. The number of aromatic nitrogens is 2. The lowest BCUT2D eigenvalue weighted by molar-refractivity contribution is -0.892. The van der Waals surface area contributed by atoms with Crippen LogP contribution in [-0.2, 0) is 4.79 Å². The number of piperazine rings is 1. The van der Waals surface area contributed by atoms with Crippen molar-refractivity contribution >= 4 is 11.9 Å². The molecule has 0 unspecified atom stereocenters. The van der Waals surface area contributed by atoms with Crippen molar-refractivity contribution in [1.29, 1.82) is 5.26 Å². The van der Waals surface area contributed by atoms with Gasteiger partial charge in [-0.1, -0.05) is 13.8 Å². The van der Waals surface area contributed by atoms with Gasteiger partial charge in [0.05, 0.1) is 32.2 Å². The number of nitrogens with one attached hydrogen (secondary N) is 2. The molecule has 1 aromatic heterocycles. The fourth-order valence-corrected chi connectivity index (χ4v) is 2.52. The van der Waals surface area contributed by atoms with E-state index in [-0.39, 0.29) is 11.8 Å². The Labute approximate surface area is 137 Å². The molecule has 7 heteroatoms. The third-order valence-corrected chi connectivity index (χ3v) is 4.50. The molecule has 2 rings (SSSR count). The molecule has 1 aliphatic rings. The summed E-state index contributed by atoms with van der Waals surface area (Å²) in [4.78, 5) is 24.1. The summed E-state index contributed by atoms with van der Waals surface area (Å²) < 4.78 is 0. The van der Waals surface area contributed by atoms with E-state index in [0.29, 0.717) is 6.54 Å². The van der Waals surface area contributed by atoms with Crippen molar-refractivity contribution in [2.45, 2.75) is 26.3 Å². The Hall–Kier alpha value is -2.20. The lowest BCUT2D eigenvalue weighted by Gasteiger charge is -2.33. The van der Waals surface area contributed by atoms with Crippen LogP contribution in [0.5, 0.6) is 0 Å². The van der Waals surface area contributed by atoms with Crippen molar-refractivity contribution < 1.29 is 9.69 Å². The van der Waals surface area contributed by atoms with Crippen LogP contribution in [0.2, 0.25) is 0 Å². The van der Waals surface area contributed by atoms with Crippen LogP contribution in [-0.4, -0.2) is 54.1 Å². The number of nitriles is 1. The van der Waals surface area contributed by atoms with Crippen LogP contribution in [0.4, 0.5) is 5.95 Å². The standard InChI is InChI=1S/C16H24N6O/c1-13(2)16(3,12-17)20-14(23)11-21-7-9-22(10-8-21)15-18-5-4-6-19-15/h4-6,13H,7-11H2,1-3H3,(H,20,23)/p+1/t16-/m0/s1. The van der Waals surface area contributed by atoms with Crippen LogP contribution in [0, 0.1) is 17.2 Å². The zero-order valence-corrected chi connectivity index (χ0v) is 14.0. The monoisotopic (exact) mass is 317 g/mol. The van der Waals surface area contributed by atoms with Crippen LogP contribution >= 0.6 is 0 Å². The van der Waals surface area contributed by atoms with Gasteiger partial charge >= 0.3 is 0 Å². The largest absolute Gasteiger partial charge is 0.333 e. The Morgan fingerprint density at radius 3 is 2.57 bits per heavy atom. The maximum Gasteiger partial charge on any atom is 0.276 e. The lowest BCUT2D eigenvalue weighted by atomic mass is 9.90. The second-order valence-electron chi connectivity index (χ2n) is 6.48. The van der Waals surface area contributed by atoms with Gasteiger partial charge in [0.1, 0.15) is 5.54 Å². The second-order valence-corrected chi connectivity index (χ2v) is 6.48. The predicted octanol–water partition coefficient (Wildman–Crippen LogP) is -0.764. The minimum atomic E-state index is -0.809. The first-order valence-corrected chi connectivity index (χ1v) is 8.02. The maximum absolute atomic E-state index is 12.2. The molecule has 1 fully saturated rings. The Morgan fingerprint density at radius 2 is 2.04 bits per heavy atom. The molecular weight excluding hydrogens is 292 g/mol. The number of quaternary nitrogens is 1. The number of hydrogen-bond donors (Lipinski definition) is 2. The summed E-state index contributed by atoms with van der Waals surface area (Å²) >= 11 is 0. The van der Waals surface area contributed by atoms with E-state index < -0.39 is 5.54 Å². The molecule has 1 atom stereocenters. The van der Waals surface area contributed by atoms with Crippen LogP contribution in [0.1, 0.15) is 20.8 Å². The molecule has 23 heavy (non-hydrogen) atoms. The van der Waals surface area contributed by atoms with Crippen molar-refractivity contribution in [3.63, 3.8) is 0 Å². The van der Waals surface area contributed by atoms with Gasteiger partial charge in [-0.3, -0.25) is 4.79 Å². The van der Waals surface area contributed by atoms with E-state index in [2.05, 4.69) is 26.3 Å². The van der Waals surface area contributed by atoms with Gasteiger partial charge in [0, 0.05) is 12.4 Å². The summed E-state index contributed by atoms with van der Waals surface area (Å²) in [6.45, 7) is 9.42. The normalized spacial score (nSPS) is 18.3. The number of hydrogen-bond acceptors (Lipinski definition) is 5. The number of amides is 1.